The van der Waals surface area contributed by atoms with Gasteiger partial charge in [-0.05, 0) is 18.4 Å². The fourth-order valence-corrected chi connectivity index (χ4v) is 2.53. The molecular formula is C15H15N. The molecule has 0 amide bonds. The number of hydrogen-bond acceptors (Lipinski definition) is 0. The molecule has 1 heteroatoms. The van der Waals surface area contributed by atoms with Gasteiger partial charge in [-0.3, -0.25) is 0 Å². The highest BCUT2D eigenvalue weighted by molar-refractivity contribution is 5.84. The second kappa shape index (κ2) is 3.38. The summed E-state index contributed by atoms with van der Waals surface area (Å²) >= 11 is 0. The van der Waals surface area contributed by atoms with E-state index in [9.17, 15) is 0 Å². The number of para-hydroxylation sites is 1. The van der Waals surface area contributed by atoms with Gasteiger partial charge in [-0.25, -0.2) is 0 Å². The third-order valence-electron chi connectivity index (χ3n) is 3.31. The zero-order valence-corrected chi connectivity index (χ0v) is 9.48. The highest BCUT2D eigenvalue weighted by Gasteiger charge is 2.09. The average Bonchev–Trinajstić information content (AvgIpc) is 2.61. The van der Waals surface area contributed by atoms with Crippen molar-refractivity contribution in [1.82, 2.24) is 4.57 Å². The minimum Gasteiger partial charge on any atom is -0.317 e. The van der Waals surface area contributed by atoms with Crippen LogP contribution in [0.25, 0.3) is 29.3 Å². The van der Waals surface area contributed by atoms with Crippen LogP contribution in [0.4, 0.5) is 0 Å². The second-order valence-corrected chi connectivity index (χ2v) is 4.45. The van der Waals surface area contributed by atoms with E-state index in [0.717, 1.165) is 6.42 Å². The first-order chi connectivity index (χ1) is 7.81. The van der Waals surface area contributed by atoms with E-state index in [1.807, 2.05) is 6.20 Å². The van der Waals surface area contributed by atoms with E-state index >= 15 is 0 Å². The van der Waals surface area contributed by atoms with Crippen molar-refractivity contribution < 1.29 is 0 Å². The molecule has 80 valence electrons. The number of rotatable bonds is 1. The molecule has 1 aliphatic carbocycles. The molecule has 2 aromatic rings. The Balaban J connectivity index is 2.60. The van der Waals surface area contributed by atoms with Gasteiger partial charge in [-0.1, -0.05) is 43.9 Å². The summed E-state index contributed by atoms with van der Waals surface area (Å²) in [6.45, 7) is 6.17. The lowest BCUT2D eigenvalue weighted by molar-refractivity contribution is 0.795. The van der Waals surface area contributed by atoms with Crippen molar-refractivity contribution in [3.63, 3.8) is 0 Å². The SMILES string of the molecule is C=Cn1c2c(c3ccccc31)=CCC(C)C=2. The molecule has 0 bridgehead atoms. The van der Waals surface area contributed by atoms with Gasteiger partial charge < -0.3 is 4.57 Å². The molecule has 0 spiro atoms. The summed E-state index contributed by atoms with van der Waals surface area (Å²) < 4.78 is 2.19. The van der Waals surface area contributed by atoms with Crippen LogP contribution in [0.15, 0.2) is 30.8 Å². The molecule has 1 nitrogen and oxygen atoms in total. The van der Waals surface area contributed by atoms with E-state index in [0.29, 0.717) is 5.92 Å². The van der Waals surface area contributed by atoms with Crippen molar-refractivity contribution in [1.29, 1.82) is 0 Å². The predicted octanol–water partition coefficient (Wildman–Crippen LogP) is 2.34. The highest BCUT2D eigenvalue weighted by Crippen LogP contribution is 2.13. The van der Waals surface area contributed by atoms with Crippen LogP contribution < -0.4 is 10.6 Å². The van der Waals surface area contributed by atoms with Crippen LogP contribution in [0, 0.1) is 5.92 Å². The number of fused-ring (bicyclic) bond motifs is 3. The van der Waals surface area contributed by atoms with Crippen LogP contribution in [-0.4, -0.2) is 4.57 Å². The van der Waals surface area contributed by atoms with Crippen LogP contribution in [0.5, 0.6) is 0 Å². The lowest BCUT2D eigenvalue weighted by Crippen LogP contribution is -2.30. The normalized spacial score (nSPS) is 18.7. The van der Waals surface area contributed by atoms with Gasteiger partial charge in [-0.15, -0.1) is 0 Å². The topological polar surface area (TPSA) is 4.93 Å². The maximum Gasteiger partial charge on any atom is 0.0534 e. The first-order valence-corrected chi connectivity index (χ1v) is 5.75. The average molecular weight is 209 g/mol. The molecule has 1 aromatic heterocycles. The molecule has 1 unspecified atom stereocenters. The predicted molar refractivity (Wildman–Crippen MR) is 70.3 cm³/mol. The molecule has 1 atom stereocenters. The van der Waals surface area contributed by atoms with E-state index in [-0.39, 0.29) is 0 Å². The fraction of sp³-hybridized carbons (Fsp3) is 0.200. The summed E-state index contributed by atoms with van der Waals surface area (Å²) in [4.78, 5) is 0. The van der Waals surface area contributed by atoms with E-state index < -0.39 is 0 Å². The van der Waals surface area contributed by atoms with Crippen LogP contribution in [0.2, 0.25) is 0 Å². The van der Waals surface area contributed by atoms with Crippen LogP contribution >= 0.6 is 0 Å². The van der Waals surface area contributed by atoms with Crippen LogP contribution in [0.1, 0.15) is 13.3 Å². The second-order valence-electron chi connectivity index (χ2n) is 4.45. The summed E-state index contributed by atoms with van der Waals surface area (Å²) in [6.07, 6.45) is 7.74. The molecule has 0 saturated heterocycles. The van der Waals surface area contributed by atoms with Crippen molar-refractivity contribution in [3.05, 3.63) is 41.4 Å². The smallest absolute Gasteiger partial charge is 0.0534 e. The van der Waals surface area contributed by atoms with E-state index in [4.69, 9.17) is 0 Å². The number of benzene rings is 1. The van der Waals surface area contributed by atoms with Gasteiger partial charge in [0, 0.05) is 22.2 Å². The van der Waals surface area contributed by atoms with Crippen LogP contribution in [-0.2, 0) is 0 Å². The van der Waals surface area contributed by atoms with E-state index in [1.54, 1.807) is 0 Å². The third kappa shape index (κ3) is 1.18. The van der Waals surface area contributed by atoms with Gasteiger partial charge in [0.05, 0.1) is 5.52 Å². The minimum atomic E-state index is 0.621. The van der Waals surface area contributed by atoms with Gasteiger partial charge in [0.1, 0.15) is 0 Å². The quantitative estimate of drug-likeness (QED) is 0.679. The van der Waals surface area contributed by atoms with Crippen molar-refractivity contribution in [3.8, 4) is 0 Å². The Morgan fingerprint density at radius 3 is 3.00 bits per heavy atom. The monoisotopic (exact) mass is 209 g/mol. The third-order valence-corrected chi connectivity index (χ3v) is 3.31. The number of aromatic nitrogens is 1. The molecule has 0 aliphatic heterocycles. The minimum absolute atomic E-state index is 0.621. The Morgan fingerprint density at radius 2 is 2.19 bits per heavy atom. The van der Waals surface area contributed by atoms with Crippen molar-refractivity contribution >= 4 is 29.3 Å². The Hall–Kier alpha value is -1.76. The molecule has 0 N–H and O–H groups in total. The maximum absolute atomic E-state index is 3.92. The van der Waals surface area contributed by atoms with Crippen molar-refractivity contribution in [2.24, 2.45) is 5.92 Å². The zero-order chi connectivity index (χ0) is 11.1. The first-order valence-electron chi connectivity index (χ1n) is 5.75. The molecule has 0 fully saturated rings. The van der Waals surface area contributed by atoms with Gasteiger partial charge in [0.15, 0.2) is 0 Å². The molecule has 1 aromatic carbocycles. The molecule has 1 heterocycles. The number of nitrogens with zero attached hydrogens (tertiary/aromatic N) is 1. The van der Waals surface area contributed by atoms with Gasteiger partial charge >= 0.3 is 0 Å². The molecule has 0 radical (unpaired) electrons. The van der Waals surface area contributed by atoms with Crippen molar-refractivity contribution in [2.45, 2.75) is 13.3 Å². The zero-order valence-electron chi connectivity index (χ0n) is 9.48. The standard InChI is InChI=1S/C15H15N/c1-3-16-14-7-5-4-6-12(14)13-9-8-11(2)10-15(13)16/h3-7,9-11H,1,8H2,2H3. The first kappa shape index (κ1) is 9.46. The Bertz CT molecular complexity index is 673. The fourth-order valence-electron chi connectivity index (χ4n) is 2.53. The van der Waals surface area contributed by atoms with Crippen molar-refractivity contribution in [2.75, 3.05) is 0 Å². The Morgan fingerprint density at radius 1 is 1.38 bits per heavy atom. The molecule has 3 rings (SSSR count). The molecule has 1 aliphatic rings. The van der Waals surface area contributed by atoms with E-state index in [1.165, 1.54) is 21.5 Å². The van der Waals surface area contributed by atoms with E-state index in [2.05, 4.69) is 54.5 Å². The van der Waals surface area contributed by atoms with Crippen LogP contribution in [0.3, 0.4) is 0 Å². The summed E-state index contributed by atoms with van der Waals surface area (Å²) in [5.74, 6) is 0.621. The maximum atomic E-state index is 3.92. The summed E-state index contributed by atoms with van der Waals surface area (Å²) in [7, 11) is 0. The number of hydrogen-bond donors (Lipinski definition) is 0. The molecule has 16 heavy (non-hydrogen) atoms. The lowest BCUT2D eigenvalue weighted by Gasteiger charge is -2.06. The summed E-state index contributed by atoms with van der Waals surface area (Å²) in [5.41, 5.74) is 1.25. The Labute approximate surface area is 95.0 Å². The Kier molecular flexibility index (Phi) is 2.00. The van der Waals surface area contributed by atoms with Gasteiger partial charge in [0.2, 0.25) is 0 Å². The lowest BCUT2D eigenvalue weighted by atomic mass is 10.0. The summed E-state index contributed by atoms with van der Waals surface area (Å²) in [6, 6.07) is 8.52. The van der Waals surface area contributed by atoms with Gasteiger partial charge in [0.25, 0.3) is 0 Å². The summed E-state index contributed by atoms with van der Waals surface area (Å²) in [5, 5.41) is 4.00. The molecular weight excluding hydrogens is 194 g/mol. The highest BCUT2D eigenvalue weighted by atomic mass is 14.9. The molecule has 0 saturated carbocycles. The van der Waals surface area contributed by atoms with Gasteiger partial charge in [-0.2, -0.15) is 0 Å². The largest absolute Gasteiger partial charge is 0.317 e.